The van der Waals surface area contributed by atoms with Crippen LogP contribution in [0.4, 0.5) is 0 Å². The lowest BCUT2D eigenvalue weighted by Crippen LogP contribution is -2.13. The molecular formula is C20H41ClO. The Bertz CT molecular complexity index is 210. The molecule has 1 nitrogen and oxygen atoms in total. The first-order chi connectivity index (χ1) is 10.6. The average molecular weight is 333 g/mol. The molecule has 1 N–H and O–H groups in total. The van der Waals surface area contributed by atoms with Gasteiger partial charge in [-0.25, -0.2) is 0 Å². The van der Waals surface area contributed by atoms with Crippen LogP contribution in [0.1, 0.15) is 123 Å². The Morgan fingerprint density at radius 1 is 0.591 bits per heavy atom. The first kappa shape index (κ1) is 22.2. The number of unbranched alkanes of at least 4 members (excludes halogenated alkanes) is 15. The minimum atomic E-state index is -0.990. The summed E-state index contributed by atoms with van der Waals surface area (Å²) in [7, 11) is 0. The second-order valence-corrected chi connectivity index (χ2v) is 8.01. The summed E-state index contributed by atoms with van der Waals surface area (Å²) in [5.41, 5.74) is 0. The van der Waals surface area contributed by atoms with Crippen LogP contribution in [0.25, 0.3) is 0 Å². The zero-order valence-corrected chi connectivity index (χ0v) is 16.1. The third-order valence-corrected chi connectivity index (χ3v) is 4.68. The summed E-state index contributed by atoms with van der Waals surface area (Å²) in [6.07, 6.45) is 22.7. The predicted molar refractivity (Wildman–Crippen MR) is 101 cm³/mol. The smallest absolute Gasteiger partial charge is 0.135 e. The fourth-order valence-corrected chi connectivity index (χ4v) is 3.13. The van der Waals surface area contributed by atoms with Gasteiger partial charge in [0.1, 0.15) is 5.06 Å². The van der Waals surface area contributed by atoms with E-state index in [0.29, 0.717) is 6.42 Å². The highest BCUT2D eigenvalue weighted by Gasteiger charge is 2.13. The molecule has 0 aliphatic heterocycles. The van der Waals surface area contributed by atoms with Gasteiger partial charge >= 0.3 is 0 Å². The normalized spacial score (nSPS) is 14.2. The highest BCUT2D eigenvalue weighted by molar-refractivity contribution is 6.22. The lowest BCUT2D eigenvalue weighted by molar-refractivity contribution is 0.135. The number of rotatable bonds is 17. The maximum absolute atomic E-state index is 9.40. The number of alkyl halides is 1. The maximum Gasteiger partial charge on any atom is 0.135 e. The van der Waals surface area contributed by atoms with Crippen LogP contribution < -0.4 is 0 Å². The monoisotopic (exact) mass is 332 g/mol. The van der Waals surface area contributed by atoms with Crippen molar-refractivity contribution in [1.29, 1.82) is 0 Å². The van der Waals surface area contributed by atoms with Crippen LogP contribution >= 0.6 is 11.6 Å². The highest BCUT2D eigenvalue weighted by atomic mass is 35.5. The fraction of sp³-hybridized carbons (Fsp3) is 1.00. The number of hydrogen-bond acceptors (Lipinski definition) is 1. The van der Waals surface area contributed by atoms with Crippen molar-refractivity contribution in [1.82, 2.24) is 0 Å². The lowest BCUT2D eigenvalue weighted by Gasteiger charge is -2.13. The first-order valence-corrected chi connectivity index (χ1v) is 10.4. The number of halogens is 1. The molecule has 2 heteroatoms. The average Bonchev–Trinajstić information content (AvgIpc) is 2.45. The standard InChI is InChI=1S/C20H41ClO/c1-3-4-5-6-7-8-9-10-11-12-13-14-15-16-17-18-19-20(2,21)22/h22H,3-19H2,1-2H3. The van der Waals surface area contributed by atoms with Crippen molar-refractivity contribution < 1.29 is 5.11 Å². The van der Waals surface area contributed by atoms with Crippen molar-refractivity contribution in [3.8, 4) is 0 Å². The van der Waals surface area contributed by atoms with E-state index in [4.69, 9.17) is 11.6 Å². The summed E-state index contributed by atoms with van der Waals surface area (Å²) in [6, 6.07) is 0. The summed E-state index contributed by atoms with van der Waals surface area (Å²) in [5, 5.41) is 8.41. The van der Waals surface area contributed by atoms with Gasteiger partial charge < -0.3 is 5.11 Å². The van der Waals surface area contributed by atoms with E-state index in [-0.39, 0.29) is 0 Å². The minimum Gasteiger partial charge on any atom is -0.375 e. The molecule has 0 fully saturated rings. The van der Waals surface area contributed by atoms with E-state index in [1.165, 1.54) is 96.3 Å². The van der Waals surface area contributed by atoms with E-state index in [9.17, 15) is 5.11 Å². The zero-order valence-electron chi connectivity index (χ0n) is 15.3. The van der Waals surface area contributed by atoms with Crippen LogP contribution in [-0.4, -0.2) is 10.2 Å². The van der Waals surface area contributed by atoms with Gasteiger partial charge in [-0.2, -0.15) is 0 Å². The van der Waals surface area contributed by atoms with Gasteiger partial charge in [0.2, 0.25) is 0 Å². The summed E-state index contributed by atoms with van der Waals surface area (Å²) in [6.45, 7) is 3.96. The first-order valence-electron chi connectivity index (χ1n) is 9.97. The Labute approximate surface area is 145 Å². The van der Waals surface area contributed by atoms with E-state index in [0.717, 1.165) is 6.42 Å². The predicted octanol–water partition coefficient (Wildman–Crippen LogP) is 7.59. The Morgan fingerprint density at radius 3 is 1.14 bits per heavy atom. The van der Waals surface area contributed by atoms with E-state index >= 15 is 0 Å². The molecule has 22 heavy (non-hydrogen) atoms. The van der Waals surface area contributed by atoms with Gasteiger partial charge in [0.25, 0.3) is 0 Å². The van der Waals surface area contributed by atoms with Crippen LogP contribution in [0.2, 0.25) is 0 Å². The van der Waals surface area contributed by atoms with E-state index in [1.807, 2.05) is 0 Å². The number of hydrogen-bond donors (Lipinski definition) is 1. The molecule has 0 radical (unpaired) electrons. The molecule has 0 aliphatic carbocycles. The Balaban J connectivity index is 3.00. The quantitative estimate of drug-likeness (QED) is 0.215. The number of aliphatic hydroxyl groups is 1. The summed E-state index contributed by atoms with van der Waals surface area (Å²) < 4.78 is 0. The topological polar surface area (TPSA) is 20.2 Å². The Kier molecular flexibility index (Phi) is 16.3. The second-order valence-electron chi connectivity index (χ2n) is 7.20. The third kappa shape index (κ3) is 20.2. The lowest BCUT2D eigenvalue weighted by atomic mass is 10.0. The summed E-state index contributed by atoms with van der Waals surface area (Å²) in [4.78, 5) is 0. The van der Waals surface area contributed by atoms with Gasteiger partial charge in [0.15, 0.2) is 0 Å². The molecule has 0 bridgehead atoms. The largest absolute Gasteiger partial charge is 0.375 e. The summed E-state index contributed by atoms with van der Waals surface area (Å²) in [5.74, 6) is 0. The zero-order chi connectivity index (χ0) is 16.5. The molecular weight excluding hydrogens is 292 g/mol. The molecule has 0 aromatic carbocycles. The Morgan fingerprint density at radius 2 is 0.864 bits per heavy atom. The van der Waals surface area contributed by atoms with Crippen molar-refractivity contribution in [2.75, 3.05) is 0 Å². The summed E-state index contributed by atoms with van der Waals surface area (Å²) >= 11 is 5.75. The molecule has 0 aromatic rings. The third-order valence-electron chi connectivity index (χ3n) is 4.49. The molecule has 134 valence electrons. The molecule has 0 rings (SSSR count). The van der Waals surface area contributed by atoms with Gasteiger partial charge in [0, 0.05) is 0 Å². The molecule has 0 saturated heterocycles. The van der Waals surface area contributed by atoms with Gasteiger partial charge in [-0.15, -0.1) is 0 Å². The van der Waals surface area contributed by atoms with Crippen molar-refractivity contribution in [3.63, 3.8) is 0 Å². The fourth-order valence-electron chi connectivity index (χ4n) is 3.00. The van der Waals surface area contributed by atoms with Crippen molar-refractivity contribution in [3.05, 3.63) is 0 Å². The molecule has 1 unspecified atom stereocenters. The second kappa shape index (κ2) is 16.1. The molecule has 0 amide bonds. The van der Waals surface area contributed by atoms with Gasteiger partial charge in [-0.3, -0.25) is 0 Å². The van der Waals surface area contributed by atoms with Crippen LogP contribution in [0, 0.1) is 0 Å². The van der Waals surface area contributed by atoms with Crippen LogP contribution in [-0.2, 0) is 0 Å². The molecule has 0 aromatic heterocycles. The van der Waals surface area contributed by atoms with Crippen LogP contribution in [0.3, 0.4) is 0 Å². The highest BCUT2D eigenvalue weighted by Crippen LogP contribution is 2.19. The van der Waals surface area contributed by atoms with Gasteiger partial charge in [-0.05, 0) is 19.8 Å². The van der Waals surface area contributed by atoms with Crippen molar-refractivity contribution in [2.24, 2.45) is 0 Å². The van der Waals surface area contributed by atoms with E-state index in [1.54, 1.807) is 6.92 Å². The maximum atomic E-state index is 9.40. The Hall–Kier alpha value is 0.250. The molecule has 0 aliphatic rings. The van der Waals surface area contributed by atoms with Gasteiger partial charge in [-0.1, -0.05) is 115 Å². The van der Waals surface area contributed by atoms with Crippen molar-refractivity contribution >= 4 is 11.6 Å². The van der Waals surface area contributed by atoms with Crippen LogP contribution in [0.15, 0.2) is 0 Å². The SMILES string of the molecule is CCCCCCCCCCCCCCCCCCC(C)(O)Cl. The minimum absolute atomic E-state index is 0.715. The molecule has 0 saturated carbocycles. The van der Waals surface area contributed by atoms with E-state index in [2.05, 4.69) is 6.92 Å². The molecule has 0 heterocycles. The van der Waals surface area contributed by atoms with E-state index < -0.39 is 5.06 Å². The van der Waals surface area contributed by atoms with Crippen LogP contribution in [0.5, 0.6) is 0 Å². The molecule has 0 spiro atoms. The van der Waals surface area contributed by atoms with Crippen molar-refractivity contribution in [2.45, 2.75) is 128 Å². The van der Waals surface area contributed by atoms with Gasteiger partial charge in [0.05, 0.1) is 0 Å². The molecule has 1 atom stereocenters.